The van der Waals surface area contributed by atoms with Crippen LogP contribution in [0.4, 0.5) is 18.9 Å². The molecule has 0 atom stereocenters. The van der Waals surface area contributed by atoms with E-state index in [4.69, 9.17) is 11.6 Å². The van der Waals surface area contributed by atoms with Crippen molar-refractivity contribution in [3.8, 4) is 0 Å². The molecule has 0 aliphatic carbocycles. The van der Waals surface area contributed by atoms with Gasteiger partial charge in [-0.05, 0) is 48.5 Å². The first-order chi connectivity index (χ1) is 12.8. The highest BCUT2D eigenvalue weighted by Gasteiger charge is 2.26. The maximum Gasteiger partial charge on any atom is 0.264 e. The van der Waals surface area contributed by atoms with E-state index in [2.05, 4.69) is 0 Å². The summed E-state index contributed by atoms with van der Waals surface area (Å²) >= 11 is 5.80. The number of anilines is 1. The first kappa shape index (κ1) is 19.3. The lowest BCUT2D eigenvalue weighted by atomic mass is 10.2. The Hall–Kier alpha value is -2.51. The number of halogens is 4. The van der Waals surface area contributed by atoms with E-state index in [-0.39, 0.29) is 16.1 Å². The van der Waals surface area contributed by atoms with Crippen LogP contribution in [0.2, 0.25) is 5.02 Å². The van der Waals surface area contributed by atoms with Crippen molar-refractivity contribution in [3.05, 3.63) is 94.8 Å². The molecule has 0 aromatic heterocycles. The molecule has 0 saturated heterocycles. The molecule has 0 heterocycles. The van der Waals surface area contributed by atoms with Gasteiger partial charge < -0.3 is 0 Å². The van der Waals surface area contributed by atoms with E-state index in [0.29, 0.717) is 11.1 Å². The van der Waals surface area contributed by atoms with Gasteiger partial charge in [-0.1, -0.05) is 23.7 Å². The third-order valence-electron chi connectivity index (χ3n) is 3.83. The summed E-state index contributed by atoms with van der Waals surface area (Å²) in [7, 11) is -4.17. The Morgan fingerprint density at radius 2 is 1.52 bits per heavy atom. The summed E-state index contributed by atoms with van der Waals surface area (Å²) in [6.07, 6.45) is 0. The van der Waals surface area contributed by atoms with Gasteiger partial charge in [0, 0.05) is 16.7 Å². The minimum atomic E-state index is -4.17. The Morgan fingerprint density at radius 1 is 0.852 bits per heavy atom. The Balaban J connectivity index is 2.11. The van der Waals surface area contributed by atoms with Crippen molar-refractivity contribution in [2.45, 2.75) is 11.4 Å². The molecule has 0 spiro atoms. The molecular formula is C19H13ClF3NO2S. The molecule has 0 aliphatic rings. The molecule has 3 nitrogen and oxygen atoms in total. The van der Waals surface area contributed by atoms with Crippen LogP contribution in [0.5, 0.6) is 0 Å². The Labute approximate surface area is 159 Å². The zero-order valence-electron chi connectivity index (χ0n) is 13.7. The molecule has 0 radical (unpaired) electrons. The topological polar surface area (TPSA) is 37.4 Å². The Kier molecular flexibility index (Phi) is 5.43. The van der Waals surface area contributed by atoms with E-state index >= 15 is 0 Å². The second kappa shape index (κ2) is 7.62. The summed E-state index contributed by atoms with van der Waals surface area (Å²) in [5, 5.41) is 0.343. The highest BCUT2D eigenvalue weighted by atomic mass is 35.5. The van der Waals surface area contributed by atoms with E-state index in [9.17, 15) is 21.6 Å². The van der Waals surface area contributed by atoms with Crippen LogP contribution < -0.4 is 4.31 Å². The van der Waals surface area contributed by atoms with Crippen LogP contribution in [-0.4, -0.2) is 8.42 Å². The van der Waals surface area contributed by atoms with Crippen molar-refractivity contribution in [2.24, 2.45) is 0 Å². The molecule has 0 bridgehead atoms. The van der Waals surface area contributed by atoms with Crippen molar-refractivity contribution in [3.63, 3.8) is 0 Å². The molecule has 3 aromatic carbocycles. The van der Waals surface area contributed by atoms with E-state index in [0.717, 1.165) is 28.6 Å². The van der Waals surface area contributed by atoms with Gasteiger partial charge in [-0.25, -0.2) is 21.6 Å². The Morgan fingerprint density at radius 3 is 2.15 bits per heavy atom. The standard InChI is InChI=1S/C19H13ClF3NO2S/c20-14-5-8-18(9-6-14)27(25,26)24(17-3-1-2-15(21)10-17)12-13-4-7-16(22)11-19(13)23/h1-11H,12H2. The molecule has 0 N–H and O–H groups in total. The molecule has 3 aromatic rings. The predicted molar refractivity (Wildman–Crippen MR) is 97.6 cm³/mol. The molecule has 0 aliphatic heterocycles. The summed E-state index contributed by atoms with van der Waals surface area (Å²) in [6.45, 7) is -0.444. The maximum absolute atomic E-state index is 14.1. The van der Waals surface area contributed by atoms with Crippen LogP contribution >= 0.6 is 11.6 Å². The monoisotopic (exact) mass is 411 g/mol. The number of hydrogen-bond donors (Lipinski definition) is 0. The summed E-state index contributed by atoms with van der Waals surface area (Å²) in [4.78, 5) is -0.0984. The van der Waals surface area contributed by atoms with E-state index in [1.807, 2.05) is 0 Å². The lowest BCUT2D eigenvalue weighted by Gasteiger charge is -2.25. The van der Waals surface area contributed by atoms with E-state index < -0.39 is 34.0 Å². The third-order valence-corrected chi connectivity index (χ3v) is 5.87. The molecule has 0 amide bonds. The predicted octanol–water partition coefficient (Wildman–Crippen LogP) is 5.15. The highest BCUT2D eigenvalue weighted by Crippen LogP contribution is 2.28. The Bertz CT molecular complexity index is 1070. The van der Waals surface area contributed by atoms with Gasteiger partial charge in [0.05, 0.1) is 17.1 Å². The van der Waals surface area contributed by atoms with Crippen LogP contribution in [0.3, 0.4) is 0 Å². The van der Waals surface area contributed by atoms with Crippen molar-refractivity contribution in [1.82, 2.24) is 0 Å². The van der Waals surface area contributed by atoms with Crippen molar-refractivity contribution < 1.29 is 21.6 Å². The first-order valence-electron chi connectivity index (χ1n) is 7.75. The van der Waals surface area contributed by atoms with E-state index in [1.54, 1.807) is 0 Å². The largest absolute Gasteiger partial charge is 0.264 e. The summed E-state index contributed by atoms with van der Waals surface area (Å²) in [6, 6.07) is 13.1. The lowest BCUT2D eigenvalue weighted by molar-refractivity contribution is 0.569. The van der Waals surface area contributed by atoms with Crippen LogP contribution in [0.1, 0.15) is 5.56 Å². The molecular weight excluding hydrogens is 399 g/mol. The quantitative estimate of drug-likeness (QED) is 0.582. The van der Waals surface area contributed by atoms with Gasteiger partial charge in [-0.3, -0.25) is 4.31 Å². The number of rotatable bonds is 5. The van der Waals surface area contributed by atoms with Gasteiger partial charge in [-0.15, -0.1) is 0 Å². The smallest absolute Gasteiger partial charge is 0.262 e. The fourth-order valence-corrected chi connectivity index (χ4v) is 4.05. The molecule has 27 heavy (non-hydrogen) atoms. The van der Waals surface area contributed by atoms with Crippen molar-refractivity contribution >= 4 is 27.3 Å². The van der Waals surface area contributed by atoms with Gasteiger partial charge in [0.2, 0.25) is 0 Å². The number of sulfonamides is 1. The molecule has 0 saturated carbocycles. The molecule has 0 unspecified atom stereocenters. The zero-order valence-corrected chi connectivity index (χ0v) is 15.3. The fraction of sp³-hybridized carbons (Fsp3) is 0.0526. The van der Waals surface area contributed by atoms with Gasteiger partial charge in [-0.2, -0.15) is 0 Å². The minimum absolute atomic E-state index is 0.00803. The van der Waals surface area contributed by atoms with Crippen LogP contribution in [0.15, 0.2) is 71.6 Å². The molecule has 140 valence electrons. The number of benzene rings is 3. The van der Waals surface area contributed by atoms with Crippen molar-refractivity contribution in [1.29, 1.82) is 0 Å². The second-order valence-corrected chi connectivity index (χ2v) is 7.98. The van der Waals surface area contributed by atoms with Gasteiger partial charge >= 0.3 is 0 Å². The average molecular weight is 412 g/mol. The van der Waals surface area contributed by atoms with Crippen LogP contribution in [0.25, 0.3) is 0 Å². The normalized spacial score (nSPS) is 11.4. The summed E-state index contributed by atoms with van der Waals surface area (Å²) in [5.41, 5.74) is -0.0492. The van der Waals surface area contributed by atoms with Crippen LogP contribution in [0, 0.1) is 17.5 Å². The van der Waals surface area contributed by atoms with Crippen molar-refractivity contribution in [2.75, 3.05) is 4.31 Å². The SMILES string of the molecule is O=S(=O)(c1ccc(Cl)cc1)N(Cc1ccc(F)cc1F)c1cccc(F)c1. The fourth-order valence-electron chi connectivity index (χ4n) is 2.48. The zero-order chi connectivity index (χ0) is 19.6. The molecule has 3 rings (SSSR count). The molecule has 0 fully saturated rings. The van der Waals surface area contributed by atoms with Gasteiger partial charge in [0.25, 0.3) is 10.0 Å². The van der Waals surface area contributed by atoms with E-state index in [1.165, 1.54) is 36.4 Å². The lowest BCUT2D eigenvalue weighted by Crippen LogP contribution is -2.31. The van der Waals surface area contributed by atoms with Gasteiger partial charge in [0.15, 0.2) is 0 Å². The minimum Gasteiger partial charge on any atom is -0.262 e. The number of nitrogens with zero attached hydrogens (tertiary/aromatic N) is 1. The average Bonchev–Trinajstić information content (AvgIpc) is 2.61. The third kappa shape index (κ3) is 4.26. The number of hydrogen-bond acceptors (Lipinski definition) is 2. The van der Waals surface area contributed by atoms with Gasteiger partial charge in [0.1, 0.15) is 17.5 Å². The summed E-state index contributed by atoms with van der Waals surface area (Å²) in [5.74, 6) is -2.33. The van der Waals surface area contributed by atoms with Crippen LogP contribution in [-0.2, 0) is 16.6 Å². The highest BCUT2D eigenvalue weighted by molar-refractivity contribution is 7.92. The summed E-state index contributed by atoms with van der Waals surface area (Å²) < 4.78 is 68.0. The molecule has 8 heteroatoms. The maximum atomic E-state index is 14.1. The first-order valence-corrected chi connectivity index (χ1v) is 9.57. The second-order valence-electron chi connectivity index (χ2n) is 5.68.